The molecule has 7 nitrogen and oxygen atoms in total. The number of carbonyl (C=O) groups is 3. The Hall–Kier alpha value is -2.71. The van der Waals surface area contributed by atoms with Crippen molar-refractivity contribution in [2.75, 3.05) is 25.0 Å². The summed E-state index contributed by atoms with van der Waals surface area (Å²) in [6.45, 7) is 6.80. The lowest BCUT2D eigenvalue weighted by atomic mass is 10.0. The van der Waals surface area contributed by atoms with E-state index in [4.69, 9.17) is 0 Å². The van der Waals surface area contributed by atoms with E-state index in [9.17, 15) is 23.2 Å². The molecule has 9 heteroatoms. The molecule has 2 aliphatic rings. The van der Waals surface area contributed by atoms with Gasteiger partial charge in [0.2, 0.25) is 11.8 Å². The molecule has 164 valence electrons. The van der Waals surface area contributed by atoms with Crippen LogP contribution in [0.25, 0.3) is 0 Å². The molecule has 0 radical (unpaired) electrons. The Morgan fingerprint density at radius 3 is 2.40 bits per heavy atom. The van der Waals surface area contributed by atoms with Gasteiger partial charge in [-0.15, -0.1) is 0 Å². The minimum atomic E-state index is -0.900. The van der Waals surface area contributed by atoms with E-state index < -0.39 is 23.7 Å². The van der Waals surface area contributed by atoms with Gasteiger partial charge in [-0.25, -0.2) is 13.6 Å². The van der Waals surface area contributed by atoms with Gasteiger partial charge in [0, 0.05) is 37.7 Å². The van der Waals surface area contributed by atoms with E-state index in [-0.39, 0.29) is 35.4 Å². The number of piperazine rings is 1. The summed E-state index contributed by atoms with van der Waals surface area (Å²) < 4.78 is 26.8. The van der Waals surface area contributed by atoms with Crippen molar-refractivity contribution in [2.24, 2.45) is 11.8 Å². The zero-order valence-electron chi connectivity index (χ0n) is 17.5. The van der Waals surface area contributed by atoms with Crippen molar-refractivity contribution in [1.82, 2.24) is 15.1 Å². The number of nitrogens with one attached hydrogen (secondary N) is 2. The van der Waals surface area contributed by atoms with Crippen LogP contribution in [-0.2, 0) is 9.59 Å². The summed E-state index contributed by atoms with van der Waals surface area (Å²) in [5.74, 6) is -1.80. The van der Waals surface area contributed by atoms with Gasteiger partial charge in [-0.05, 0) is 37.8 Å². The van der Waals surface area contributed by atoms with Gasteiger partial charge in [-0.3, -0.25) is 9.59 Å². The summed E-state index contributed by atoms with van der Waals surface area (Å²) in [6, 6.07) is 1.17. The van der Waals surface area contributed by atoms with Gasteiger partial charge in [-0.1, -0.05) is 13.8 Å². The van der Waals surface area contributed by atoms with Gasteiger partial charge in [0.25, 0.3) is 0 Å². The van der Waals surface area contributed by atoms with Crippen LogP contribution < -0.4 is 10.6 Å². The van der Waals surface area contributed by atoms with Crippen LogP contribution >= 0.6 is 0 Å². The maximum absolute atomic E-state index is 13.8. The number of urea groups is 1. The van der Waals surface area contributed by atoms with Crippen LogP contribution in [0.1, 0.15) is 33.6 Å². The number of hydrogen-bond acceptors (Lipinski definition) is 3. The zero-order valence-corrected chi connectivity index (χ0v) is 17.5. The van der Waals surface area contributed by atoms with Crippen molar-refractivity contribution in [1.29, 1.82) is 0 Å². The molecule has 2 fully saturated rings. The van der Waals surface area contributed by atoms with Gasteiger partial charge in [-0.2, -0.15) is 0 Å². The third-order valence-corrected chi connectivity index (χ3v) is 5.55. The molecule has 1 saturated carbocycles. The van der Waals surface area contributed by atoms with E-state index in [0.717, 1.165) is 25.0 Å². The Balaban J connectivity index is 1.60. The Morgan fingerprint density at radius 1 is 1.13 bits per heavy atom. The highest BCUT2D eigenvalue weighted by Crippen LogP contribution is 2.32. The molecule has 1 aromatic rings. The lowest BCUT2D eigenvalue weighted by Crippen LogP contribution is -2.60. The molecule has 1 aliphatic carbocycles. The first kappa shape index (κ1) is 22.0. The minimum absolute atomic E-state index is 0.0919. The molecular weight excluding hydrogens is 394 g/mol. The van der Waals surface area contributed by atoms with Crippen molar-refractivity contribution in [3.63, 3.8) is 0 Å². The third kappa shape index (κ3) is 5.06. The van der Waals surface area contributed by atoms with Crippen LogP contribution in [0, 0.1) is 23.5 Å². The van der Waals surface area contributed by atoms with Crippen LogP contribution in [0.15, 0.2) is 18.2 Å². The average molecular weight is 422 g/mol. The number of hydrogen-bond donors (Lipinski definition) is 2. The Kier molecular flexibility index (Phi) is 6.58. The summed E-state index contributed by atoms with van der Waals surface area (Å²) in [7, 11) is 0. The Bertz CT molecular complexity index is 828. The SMILES string of the molecule is CC(C)C(NC(=O)Nc1ccc(F)cc1F)C(=O)N1CCN(C(=O)C2CC2)C(C)C1. The number of nitrogens with zero attached hydrogens (tertiary/aromatic N) is 2. The van der Waals surface area contributed by atoms with Gasteiger partial charge in [0.1, 0.15) is 17.7 Å². The Morgan fingerprint density at radius 2 is 1.83 bits per heavy atom. The lowest BCUT2D eigenvalue weighted by molar-refractivity contribution is -0.144. The fourth-order valence-corrected chi connectivity index (χ4v) is 3.65. The van der Waals surface area contributed by atoms with Gasteiger partial charge < -0.3 is 20.4 Å². The second-order valence-corrected chi connectivity index (χ2v) is 8.38. The summed E-state index contributed by atoms with van der Waals surface area (Å²) in [4.78, 5) is 41.3. The van der Waals surface area contributed by atoms with Crippen molar-refractivity contribution >= 4 is 23.5 Å². The van der Waals surface area contributed by atoms with Crippen LogP contribution in [0.3, 0.4) is 0 Å². The monoisotopic (exact) mass is 422 g/mol. The third-order valence-electron chi connectivity index (χ3n) is 5.55. The summed E-state index contributed by atoms with van der Waals surface area (Å²) in [5.41, 5.74) is -0.176. The summed E-state index contributed by atoms with van der Waals surface area (Å²) in [5, 5.41) is 4.91. The number of rotatable bonds is 5. The lowest BCUT2D eigenvalue weighted by Gasteiger charge is -2.41. The number of amides is 4. The molecule has 1 saturated heterocycles. The molecular formula is C21H28F2N4O3. The number of anilines is 1. The molecule has 1 heterocycles. The van der Waals surface area contributed by atoms with E-state index >= 15 is 0 Å². The molecule has 2 unspecified atom stereocenters. The topological polar surface area (TPSA) is 81.8 Å². The highest BCUT2D eigenvalue weighted by atomic mass is 19.1. The first-order valence-corrected chi connectivity index (χ1v) is 10.3. The smallest absolute Gasteiger partial charge is 0.319 e. The van der Waals surface area contributed by atoms with E-state index in [0.29, 0.717) is 25.7 Å². The molecule has 1 aliphatic heterocycles. The van der Waals surface area contributed by atoms with Crippen LogP contribution in [-0.4, -0.2) is 59.4 Å². The first-order valence-electron chi connectivity index (χ1n) is 10.3. The maximum atomic E-state index is 13.8. The van der Waals surface area contributed by atoms with Crippen LogP contribution in [0.5, 0.6) is 0 Å². The zero-order chi connectivity index (χ0) is 22.0. The Labute approximate surface area is 174 Å². The van der Waals surface area contributed by atoms with Crippen molar-refractivity contribution in [3.8, 4) is 0 Å². The van der Waals surface area contributed by atoms with Gasteiger partial charge in [0.15, 0.2) is 0 Å². The maximum Gasteiger partial charge on any atom is 0.319 e. The molecule has 0 aromatic heterocycles. The molecule has 30 heavy (non-hydrogen) atoms. The largest absolute Gasteiger partial charge is 0.337 e. The summed E-state index contributed by atoms with van der Waals surface area (Å²) in [6.07, 6.45) is 1.88. The molecule has 2 N–H and O–H groups in total. The highest BCUT2D eigenvalue weighted by molar-refractivity contribution is 5.94. The van der Waals surface area contributed by atoms with Crippen molar-refractivity contribution in [3.05, 3.63) is 29.8 Å². The fourth-order valence-electron chi connectivity index (χ4n) is 3.65. The molecule has 2 atom stereocenters. The van der Waals surface area contributed by atoms with E-state index in [1.807, 2.05) is 11.8 Å². The van der Waals surface area contributed by atoms with Gasteiger partial charge in [0.05, 0.1) is 5.69 Å². The van der Waals surface area contributed by atoms with Crippen molar-refractivity contribution in [2.45, 2.75) is 45.7 Å². The molecule has 0 spiro atoms. The number of carbonyl (C=O) groups excluding carboxylic acids is 3. The highest BCUT2D eigenvalue weighted by Gasteiger charge is 2.39. The quantitative estimate of drug-likeness (QED) is 0.765. The fraction of sp³-hybridized carbons (Fsp3) is 0.571. The second-order valence-electron chi connectivity index (χ2n) is 8.38. The number of benzene rings is 1. The van der Waals surface area contributed by atoms with Crippen molar-refractivity contribution < 1.29 is 23.2 Å². The average Bonchev–Trinajstić information content (AvgIpc) is 3.52. The van der Waals surface area contributed by atoms with E-state index in [1.54, 1.807) is 18.7 Å². The predicted molar refractivity (Wildman–Crippen MR) is 108 cm³/mol. The number of halogens is 2. The molecule has 3 rings (SSSR count). The summed E-state index contributed by atoms with van der Waals surface area (Å²) >= 11 is 0. The van der Waals surface area contributed by atoms with Gasteiger partial charge >= 0.3 is 6.03 Å². The molecule has 0 bridgehead atoms. The standard InChI is InChI=1S/C21H28F2N4O3/c1-12(2)18(25-21(30)24-17-7-6-15(22)10-16(17)23)20(29)26-8-9-27(13(3)11-26)19(28)14-4-5-14/h6-7,10,12-14,18H,4-5,8-9,11H2,1-3H3,(H2,24,25,30). The molecule has 1 aromatic carbocycles. The second kappa shape index (κ2) is 8.97. The van der Waals surface area contributed by atoms with Crippen LogP contribution in [0.2, 0.25) is 0 Å². The normalized spacial score (nSPS) is 20.1. The first-order chi connectivity index (χ1) is 14.2. The minimum Gasteiger partial charge on any atom is -0.337 e. The molecule has 4 amide bonds. The van der Waals surface area contributed by atoms with E-state index in [2.05, 4.69) is 10.6 Å². The van der Waals surface area contributed by atoms with E-state index in [1.165, 1.54) is 0 Å². The van der Waals surface area contributed by atoms with Crippen LogP contribution in [0.4, 0.5) is 19.3 Å². The predicted octanol–water partition coefficient (Wildman–Crippen LogP) is 2.58.